The standard InChI is InChI=1S/C11H17N3O2S/c1-9-12-10(8-17-9)7-13-3-5-14(6-4-13)11(15)16-2/h8H,3-7H2,1-2H3. The van der Waals surface area contributed by atoms with E-state index in [4.69, 9.17) is 4.74 Å². The van der Waals surface area contributed by atoms with Gasteiger partial charge in [-0.05, 0) is 6.92 Å². The van der Waals surface area contributed by atoms with Crippen molar-refractivity contribution in [3.8, 4) is 0 Å². The predicted octanol–water partition coefficient (Wildman–Crippen LogP) is 1.34. The Kier molecular flexibility index (Phi) is 3.96. The van der Waals surface area contributed by atoms with Crippen LogP contribution in [-0.4, -0.2) is 54.2 Å². The van der Waals surface area contributed by atoms with Gasteiger partial charge in [0.05, 0.1) is 17.8 Å². The minimum atomic E-state index is -0.228. The van der Waals surface area contributed by atoms with Gasteiger partial charge in [-0.1, -0.05) is 0 Å². The average Bonchev–Trinajstić information content (AvgIpc) is 2.75. The molecule has 0 radical (unpaired) electrons. The smallest absolute Gasteiger partial charge is 0.409 e. The first-order valence-electron chi connectivity index (χ1n) is 5.65. The minimum Gasteiger partial charge on any atom is -0.453 e. The molecule has 94 valence electrons. The highest BCUT2D eigenvalue weighted by Crippen LogP contribution is 2.12. The van der Waals surface area contributed by atoms with Crippen molar-refractivity contribution in [3.63, 3.8) is 0 Å². The van der Waals surface area contributed by atoms with E-state index in [9.17, 15) is 4.79 Å². The summed E-state index contributed by atoms with van der Waals surface area (Å²) in [7, 11) is 1.42. The Bertz CT molecular complexity index is 386. The van der Waals surface area contributed by atoms with Crippen LogP contribution in [0.1, 0.15) is 10.7 Å². The van der Waals surface area contributed by atoms with Crippen molar-refractivity contribution in [3.05, 3.63) is 16.1 Å². The van der Waals surface area contributed by atoms with Gasteiger partial charge in [-0.2, -0.15) is 0 Å². The molecule has 0 atom stereocenters. The Hall–Kier alpha value is -1.14. The molecule has 2 rings (SSSR count). The van der Waals surface area contributed by atoms with E-state index in [0.29, 0.717) is 0 Å². The topological polar surface area (TPSA) is 45.7 Å². The maximum absolute atomic E-state index is 11.3. The zero-order valence-electron chi connectivity index (χ0n) is 10.2. The van der Waals surface area contributed by atoms with E-state index in [-0.39, 0.29) is 6.09 Å². The molecule has 5 nitrogen and oxygen atoms in total. The van der Waals surface area contributed by atoms with Crippen molar-refractivity contribution in [2.24, 2.45) is 0 Å². The number of methoxy groups -OCH3 is 1. The van der Waals surface area contributed by atoms with Gasteiger partial charge in [-0.3, -0.25) is 4.90 Å². The van der Waals surface area contributed by atoms with E-state index in [1.54, 1.807) is 16.2 Å². The number of hydrogen-bond donors (Lipinski definition) is 0. The van der Waals surface area contributed by atoms with Crippen LogP contribution in [-0.2, 0) is 11.3 Å². The van der Waals surface area contributed by atoms with Crippen molar-refractivity contribution >= 4 is 17.4 Å². The Balaban J connectivity index is 1.81. The molecule has 1 amide bonds. The normalized spacial score (nSPS) is 17.2. The van der Waals surface area contributed by atoms with E-state index < -0.39 is 0 Å². The summed E-state index contributed by atoms with van der Waals surface area (Å²) in [5, 5.41) is 3.20. The lowest BCUT2D eigenvalue weighted by atomic mass is 10.3. The number of hydrogen-bond acceptors (Lipinski definition) is 5. The summed E-state index contributed by atoms with van der Waals surface area (Å²) in [5.74, 6) is 0. The van der Waals surface area contributed by atoms with Crippen LogP contribution in [0.2, 0.25) is 0 Å². The maximum Gasteiger partial charge on any atom is 0.409 e. The number of carbonyl (C=O) groups is 1. The first-order valence-corrected chi connectivity index (χ1v) is 6.53. The summed E-state index contributed by atoms with van der Waals surface area (Å²) in [6, 6.07) is 0. The third-order valence-corrected chi connectivity index (χ3v) is 3.68. The number of aryl methyl sites for hydroxylation is 1. The molecule has 0 aromatic carbocycles. The summed E-state index contributed by atoms with van der Waals surface area (Å²) >= 11 is 1.68. The Labute approximate surface area is 105 Å². The molecule has 0 unspecified atom stereocenters. The first kappa shape index (κ1) is 12.3. The Morgan fingerprint density at radius 1 is 1.47 bits per heavy atom. The Morgan fingerprint density at radius 2 is 2.18 bits per heavy atom. The molecule has 17 heavy (non-hydrogen) atoms. The minimum absolute atomic E-state index is 0.228. The summed E-state index contributed by atoms with van der Waals surface area (Å²) in [6.45, 7) is 6.12. The van der Waals surface area contributed by atoms with Gasteiger partial charge in [0.1, 0.15) is 0 Å². The van der Waals surface area contributed by atoms with E-state index in [1.807, 2.05) is 6.92 Å². The molecule has 1 saturated heterocycles. The van der Waals surface area contributed by atoms with Crippen molar-refractivity contribution in [2.75, 3.05) is 33.3 Å². The number of carbonyl (C=O) groups excluding carboxylic acids is 1. The lowest BCUT2D eigenvalue weighted by molar-refractivity contribution is 0.0885. The highest BCUT2D eigenvalue weighted by Gasteiger charge is 2.21. The van der Waals surface area contributed by atoms with Crippen molar-refractivity contribution in [2.45, 2.75) is 13.5 Å². The van der Waals surface area contributed by atoms with Crippen LogP contribution < -0.4 is 0 Å². The van der Waals surface area contributed by atoms with Gasteiger partial charge < -0.3 is 9.64 Å². The van der Waals surface area contributed by atoms with Gasteiger partial charge in [0.25, 0.3) is 0 Å². The maximum atomic E-state index is 11.3. The molecule has 0 spiro atoms. The fourth-order valence-electron chi connectivity index (χ4n) is 1.93. The molecule has 0 bridgehead atoms. The third kappa shape index (κ3) is 3.17. The fourth-order valence-corrected chi connectivity index (χ4v) is 2.53. The highest BCUT2D eigenvalue weighted by atomic mass is 32.1. The number of aromatic nitrogens is 1. The van der Waals surface area contributed by atoms with Crippen molar-refractivity contribution in [1.29, 1.82) is 0 Å². The number of rotatable bonds is 2. The number of ether oxygens (including phenoxy) is 1. The molecule has 0 saturated carbocycles. The van der Waals surface area contributed by atoms with Crippen molar-refractivity contribution < 1.29 is 9.53 Å². The second-order valence-electron chi connectivity index (χ2n) is 4.09. The molecule has 0 N–H and O–H groups in total. The first-order chi connectivity index (χ1) is 8.19. The van der Waals surface area contributed by atoms with E-state index in [1.165, 1.54) is 7.11 Å². The zero-order valence-corrected chi connectivity index (χ0v) is 11.0. The highest BCUT2D eigenvalue weighted by molar-refractivity contribution is 7.09. The number of piperazine rings is 1. The molecule has 1 fully saturated rings. The second kappa shape index (κ2) is 5.46. The molecular formula is C11H17N3O2S. The third-order valence-electron chi connectivity index (χ3n) is 2.86. The second-order valence-corrected chi connectivity index (χ2v) is 5.15. The lowest BCUT2D eigenvalue weighted by Gasteiger charge is -2.33. The van der Waals surface area contributed by atoms with Gasteiger partial charge in [-0.25, -0.2) is 9.78 Å². The SMILES string of the molecule is COC(=O)N1CCN(Cc2csc(C)n2)CC1. The van der Waals surface area contributed by atoms with Crippen LogP contribution in [0.3, 0.4) is 0 Å². The van der Waals surface area contributed by atoms with Gasteiger partial charge in [0.2, 0.25) is 0 Å². The van der Waals surface area contributed by atoms with Crippen molar-refractivity contribution in [1.82, 2.24) is 14.8 Å². The van der Waals surface area contributed by atoms with Crippen LogP contribution in [0.25, 0.3) is 0 Å². The molecule has 6 heteroatoms. The summed E-state index contributed by atoms with van der Waals surface area (Å²) in [5.41, 5.74) is 1.12. The molecule has 1 aromatic heterocycles. The molecule has 0 aliphatic carbocycles. The number of thiazole rings is 1. The van der Waals surface area contributed by atoms with E-state index in [2.05, 4.69) is 15.3 Å². The van der Waals surface area contributed by atoms with Crippen LogP contribution in [0.4, 0.5) is 4.79 Å². The van der Waals surface area contributed by atoms with Crippen LogP contribution >= 0.6 is 11.3 Å². The number of amides is 1. The predicted molar refractivity (Wildman–Crippen MR) is 66.1 cm³/mol. The summed E-state index contributed by atoms with van der Waals surface area (Å²) < 4.78 is 4.70. The monoisotopic (exact) mass is 255 g/mol. The molecule has 1 aromatic rings. The quantitative estimate of drug-likeness (QED) is 0.800. The van der Waals surface area contributed by atoms with E-state index in [0.717, 1.165) is 43.4 Å². The summed E-state index contributed by atoms with van der Waals surface area (Å²) in [6.07, 6.45) is -0.228. The average molecular weight is 255 g/mol. The molecule has 1 aliphatic heterocycles. The Morgan fingerprint density at radius 3 is 2.71 bits per heavy atom. The lowest BCUT2D eigenvalue weighted by Crippen LogP contribution is -2.48. The van der Waals surface area contributed by atoms with E-state index >= 15 is 0 Å². The van der Waals surface area contributed by atoms with Gasteiger partial charge in [0, 0.05) is 38.1 Å². The zero-order chi connectivity index (χ0) is 12.3. The largest absolute Gasteiger partial charge is 0.453 e. The fraction of sp³-hybridized carbons (Fsp3) is 0.636. The summed E-state index contributed by atoms with van der Waals surface area (Å²) in [4.78, 5) is 19.8. The molecule has 1 aliphatic rings. The molecular weight excluding hydrogens is 238 g/mol. The van der Waals surface area contributed by atoms with Crippen LogP contribution in [0.5, 0.6) is 0 Å². The van der Waals surface area contributed by atoms with Crippen LogP contribution in [0, 0.1) is 6.92 Å². The van der Waals surface area contributed by atoms with Gasteiger partial charge in [-0.15, -0.1) is 11.3 Å². The molecule has 2 heterocycles. The van der Waals surface area contributed by atoms with Gasteiger partial charge in [0.15, 0.2) is 0 Å². The van der Waals surface area contributed by atoms with Crippen LogP contribution in [0.15, 0.2) is 5.38 Å². The number of nitrogens with zero attached hydrogens (tertiary/aromatic N) is 3. The van der Waals surface area contributed by atoms with Gasteiger partial charge >= 0.3 is 6.09 Å².